The van der Waals surface area contributed by atoms with Crippen molar-refractivity contribution in [1.29, 1.82) is 0 Å². The van der Waals surface area contributed by atoms with Gasteiger partial charge in [-0.25, -0.2) is 0 Å². The second kappa shape index (κ2) is 7.27. The number of amides is 3. The Balaban J connectivity index is 1.49. The monoisotopic (exact) mass is 382 g/mol. The van der Waals surface area contributed by atoms with Crippen molar-refractivity contribution in [3.05, 3.63) is 58.3 Å². The lowest BCUT2D eigenvalue weighted by molar-refractivity contribution is -0.144. The van der Waals surface area contributed by atoms with E-state index in [2.05, 4.69) is 5.32 Å². The molecule has 1 aromatic heterocycles. The Labute approximate surface area is 162 Å². The number of nitrogens with one attached hydrogen (secondary N) is 1. The van der Waals surface area contributed by atoms with Gasteiger partial charge in [0.15, 0.2) is 0 Å². The lowest BCUT2D eigenvalue weighted by atomic mass is 9.84. The van der Waals surface area contributed by atoms with Crippen LogP contribution in [0.25, 0.3) is 0 Å². The van der Waals surface area contributed by atoms with Crippen LogP contribution in [0.15, 0.2) is 47.8 Å². The van der Waals surface area contributed by atoms with Crippen molar-refractivity contribution in [1.82, 2.24) is 10.2 Å². The van der Waals surface area contributed by atoms with Crippen LogP contribution in [0, 0.1) is 5.41 Å². The van der Waals surface area contributed by atoms with Gasteiger partial charge in [-0.1, -0.05) is 49.2 Å². The molecule has 27 heavy (non-hydrogen) atoms. The number of carbonyl (C=O) groups excluding carboxylic acids is 3. The van der Waals surface area contributed by atoms with E-state index in [0.29, 0.717) is 0 Å². The van der Waals surface area contributed by atoms with Gasteiger partial charge in [-0.15, -0.1) is 11.3 Å². The Bertz CT molecular complexity index is 842. The molecule has 1 aliphatic carbocycles. The van der Waals surface area contributed by atoms with Gasteiger partial charge >= 0.3 is 0 Å². The minimum absolute atomic E-state index is 0.160. The summed E-state index contributed by atoms with van der Waals surface area (Å²) in [7, 11) is 0. The average Bonchev–Trinajstić information content (AvgIpc) is 3.40. The predicted molar refractivity (Wildman–Crippen MR) is 103 cm³/mol. The molecule has 2 fully saturated rings. The molecule has 1 spiro atoms. The van der Waals surface area contributed by atoms with Gasteiger partial charge in [0.25, 0.3) is 0 Å². The van der Waals surface area contributed by atoms with E-state index >= 15 is 0 Å². The summed E-state index contributed by atoms with van der Waals surface area (Å²) in [6.45, 7) is -0.200. The maximum atomic E-state index is 12.8. The number of hydrogen-bond donors (Lipinski definition) is 1. The van der Waals surface area contributed by atoms with Gasteiger partial charge in [-0.2, -0.15) is 0 Å². The van der Waals surface area contributed by atoms with Gasteiger partial charge in [0.05, 0.1) is 11.5 Å². The first-order valence-corrected chi connectivity index (χ1v) is 10.2. The zero-order valence-corrected chi connectivity index (χ0v) is 15.8. The fourth-order valence-corrected chi connectivity index (χ4v) is 5.03. The van der Waals surface area contributed by atoms with Crippen molar-refractivity contribution >= 4 is 29.1 Å². The van der Waals surface area contributed by atoms with Crippen molar-refractivity contribution in [3.8, 4) is 0 Å². The molecule has 1 aromatic carbocycles. The maximum absolute atomic E-state index is 12.8. The molecule has 1 N–H and O–H groups in total. The van der Waals surface area contributed by atoms with Crippen molar-refractivity contribution in [3.63, 3.8) is 0 Å². The van der Waals surface area contributed by atoms with Crippen LogP contribution in [0.5, 0.6) is 0 Å². The van der Waals surface area contributed by atoms with Gasteiger partial charge in [-0.3, -0.25) is 19.3 Å². The third-order valence-electron chi connectivity index (χ3n) is 5.62. The normalized spacial score (nSPS) is 19.6. The number of hydrogen-bond acceptors (Lipinski definition) is 4. The molecule has 1 atom stereocenters. The number of thiophene rings is 1. The number of rotatable bonds is 5. The van der Waals surface area contributed by atoms with Crippen LogP contribution in [0.3, 0.4) is 0 Å². The summed E-state index contributed by atoms with van der Waals surface area (Å²) in [5.74, 6) is -0.689. The summed E-state index contributed by atoms with van der Waals surface area (Å²) in [5.41, 5.74) is 0.434. The second-order valence-corrected chi connectivity index (χ2v) is 8.36. The molecule has 5 nitrogen and oxygen atoms in total. The molecule has 4 rings (SSSR count). The van der Waals surface area contributed by atoms with E-state index in [1.54, 1.807) is 11.3 Å². The largest absolute Gasteiger partial charge is 0.343 e. The van der Waals surface area contributed by atoms with Crippen LogP contribution < -0.4 is 5.32 Å². The van der Waals surface area contributed by atoms with Crippen LogP contribution in [-0.4, -0.2) is 29.2 Å². The van der Waals surface area contributed by atoms with Crippen molar-refractivity contribution in [2.75, 3.05) is 6.54 Å². The molecule has 1 saturated carbocycles. The Morgan fingerprint density at radius 3 is 2.52 bits per heavy atom. The molecule has 140 valence electrons. The smallest absolute Gasteiger partial charge is 0.240 e. The first-order chi connectivity index (χ1) is 13.1. The summed E-state index contributed by atoms with van der Waals surface area (Å²) >= 11 is 1.56. The van der Waals surface area contributed by atoms with Crippen molar-refractivity contribution < 1.29 is 14.4 Å². The average molecular weight is 382 g/mol. The number of nitrogens with zero attached hydrogens (tertiary/aromatic N) is 1. The van der Waals surface area contributed by atoms with Crippen molar-refractivity contribution in [2.24, 2.45) is 5.41 Å². The highest BCUT2D eigenvalue weighted by Crippen LogP contribution is 2.46. The lowest BCUT2D eigenvalue weighted by Gasteiger charge is -2.22. The summed E-state index contributed by atoms with van der Waals surface area (Å²) in [4.78, 5) is 40.1. The SMILES string of the molecule is O=C(CN1C(=O)CC2(CCCC2)C1=O)NC(c1ccccc1)c1cccs1. The standard InChI is InChI=1S/C21H22N2O3S/c24-17(14-23-18(25)13-21(20(23)26)10-4-5-11-21)22-19(16-9-6-12-27-16)15-7-2-1-3-8-15/h1-3,6-9,12,19H,4-5,10-11,13-14H2,(H,22,24). The Hall–Kier alpha value is -2.47. The van der Waals surface area contributed by atoms with E-state index in [4.69, 9.17) is 0 Å². The first-order valence-electron chi connectivity index (χ1n) is 9.32. The van der Waals surface area contributed by atoms with Crippen molar-refractivity contribution in [2.45, 2.75) is 38.1 Å². The molecule has 2 aliphatic rings. The highest BCUT2D eigenvalue weighted by atomic mass is 32.1. The number of benzene rings is 1. The van der Waals surface area contributed by atoms with Crippen LogP contribution in [0.2, 0.25) is 0 Å². The fraction of sp³-hybridized carbons (Fsp3) is 0.381. The predicted octanol–water partition coefficient (Wildman–Crippen LogP) is 3.27. The molecule has 1 aliphatic heterocycles. The molecule has 2 aromatic rings. The molecule has 1 unspecified atom stereocenters. The summed E-state index contributed by atoms with van der Waals surface area (Å²) in [6, 6.07) is 13.3. The van der Waals surface area contributed by atoms with Gasteiger partial charge in [0, 0.05) is 11.3 Å². The highest BCUT2D eigenvalue weighted by molar-refractivity contribution is 7.10. The maximum Gasteiger partial charge on any atom is 0.240 e. The van der Waals surface area contributed by atoms with Crippen LogP contribution in [0.1, 0.15) is 48.6 Å². The minimum atomic E-state index is -0.538. The zero-order chi connectivity index (χ0) is 18.9. The van der Waals surface area contributed by atoms with E-state index in [-0.39, 0.29) is 36.7 Å². The lowest BCUT2D eigenvalue weighted by Crippen LogP contribution is -2.43. The zero-order valence-electron chi connectivity index (χ0n) is 15.0. The Morgan fingerprint density at radius 1 is 1.11 bits per heavy atom. The van der Waals surface area contributed by atoms with E-state index in [1.165, 1.54) is 0 Å². The van der Waals surface area contributed by atoms with Crippen LogP contribution in [-0.2, 0) is 14.4 Å². The molecular formula is C21H22N2O3S. The van der Waals surface area contributed by atoms with Crippen LogP contribution >= 0.6 is 11.3 Å². The van der Waals surface area contributed by atoms with Gasteiger partial charge in [-0.05, 0) is 29.9 Å². The first kappa shape index (κ1) is 17.9. The number of carbonyl (C=O) groups is 3. The molecule has 0 radical (unpaired) electrons. The highest BCUT2D eigenvalue weighted by Gasteiger charge is 2.52. The van der Waals surface area contributed by atoms with Crippen LogP contribution in [0.4, 0.5) is 0 Å². The summed E-state index contributed by atoms with van der Waals surface area (Å²) < 4.78 is 0. The molecular weight excluding hydrogens is 360 g/mol. The quantitative estimate of drug-likeness (QED) is 0.807. The van der Waals surface area contributed by atoms with Gasteiger partial charge < -0.3 is 5.32 Å². The molecule has 1 saturated heterocycles. The summed E-state index contributed by atoms with van der Waals surface area (Å²) in [6.07, 6.45) is 3.74. The number of imide groups is 1. The number of likely N-dealkylation sites (tertiary alicyclic amines) is 1. The van der Waals surface area contributed by atoms with E-state index < -0.39 is 5.41 Å². The van der Waals surface area contributed by atoms with E-state index in [9.17, 15) is 14.4 Å². The van der Waals surface area contributed by atoms with E-state index in [0.717, 1.165) is 41.0 Å². The minimum Gasteiger partial charge on any atom is -0.343 e. The van der Waals surface area contributed by atoms with E-state index in [1.807, 2.05) is 47.8 Å². The van der Waals surface area contributed by atoms with Gasteiger partial charge in [0.2, 0.25) is 17.7 Å². The third kappa shape index (κ3) is 3.41. The summed E-state index contributed by atoms with van der Waals surface area (Å²) in [5, 5.41) is 4.98. The Morgan fingerprint density at radius 2 is 1.85 bits per heavy atom. The Kier molecular flexibility index (Phi) is 4.83. The van der Waals surface area contributed by atoms with Gasteiger partial charge in [0.1, 0.15) is 6.54 Å². The topological polar surface area (TPSA) is 66.5 Å². The second-order valence-electron chi connectivity index (χ2n) is 7.38. The molecule has 6 heteroatoms. The molecule has 0 bridgehead atoms. The molecule has 2 heterocycles. The fourth-order valence-electron chi connectivity index (χ4n) is 4.23. The third-order valence-corrected chi connectivity index (χ3v) is 6.55. The molecule has 3 amide bonds.